The minimum atomic E-state index is -0.861. The van der Waals surface area contributed by atoms with E-state index in [9.17, 15) is 14.4 Å². The van der Waals surface area contributed by atoms with Crippen molar-refractivity contribution in [2.45, 2.75) is 37.5 Å². The highest BCUT2D eigenvalue weighted by atomic mass is 16.5. The summed E-state index contributed by atoms with van der Waals surface area (Å²) in [5.41, 5.74) is 2.87. The first kappa shape index (κ1) is 29.8. The van der Waals surface area contributed by atoms with Crippen molar-refractivity contribution >= 4 is 23.3 Å². The van der Waals surface area contributed by atoms with Gasteiger partial charge in [0.05, 0.1) is 50.6 Å². The van der Waals surface area contributed by atoms with E-state index in [4.69, 9.17) is 14.2 Å². The molecule has 3 aromatic carbocycles. The first-order chi connectivity index (χ1) is 20.9. The Hall–Kier alpha value is -4.63. The van der Waals surface area contributed by atoms with Gasteiger partial charge < -0.3 is 29.3 Å². The van der Waals surface area contributed by atoms with E-state index in [1.54, 1.807) is 61.5 Å². The van der Waals surface area contributed by atoms with Crippen molar-refractivity contribution in [3.05, 3.63) is 102 Å². The molecule has 0 saturated carbocycles. The van der Waals surface area contributed by atoms with Crippen LogP contribution in [0.1, 0.15) is 44.7 Å². The number of amides is 3. The summed E-state index contributed by atoms with van der Waals surface area (Å²) < 4.78 is 16.2. The maximum absolute atomic E-state index is 13.7. The van der Waals surface area contributed by atoms with Crippen molar-refractivity contribution in [1.82, 2.24) is 15.1 Å². The monoisotopic (exact) mass is 583 g/mol. The number of nitrogens with one attached hydrogen (secondary N) is 1. The Morgan fingerprint density at radius 2 is 1.67 bits per heavy atom. The lowest BCUT2D eigenvalue weighted by molar-refractivity contribution is -0.148. The van der Waals surface area contributed by atoms with Crippen LogP contribution in [-0.4, -0.2) is 80.1 Å². The van der Waals surface area contributed by atoms with Crippen molar-refractivity contribution < 1.29 is 28.6 Å². The molecule has 0 aromatic heterocycles. The van der Waals surface area contributed by atoms with E-state index in [-0.39, 0.29) is 30.0 Å². The lowest BCUT2D eigenvalue weighted by Crippen LogP contribution is -2.70. The molecule has 0 bridgehead atoms. The molecule has 3 amide bonds. The van der Waals surface area contributed by atoms with Gasteiger partial charge in [0.25, 0.3) is 11.8 Å². The molecule has 0 aliphatic carbocycles. The van der Waals surface area contributed by atoms with E-state index < -0.39 is 18.0 Å². The Morgan fingerprint density at radius 1 is 0.953 bits per heavy atom. The highest BCUT2D eigenvalue weighted by Gasteiger charge is 2.50. The highest BCUT2D eigenvalue weighted by molar-refractivity contribution is 6.09. The Kier molecular flexibility index (Phi) is 9.11. The van der Waals surface area contributed by atoms with Crippen molar-refractivity contribution in [3.63, 3.8) is 0 Å². The van der Waals surface area contributed by atoms with Crippen LogP contribution < -0.4 is 14.8 Å². The zero-order chi connectivity index (χ0) is 30.5. The molecular formula is C34H37N3O6. The molecule has 2 saturated heterocycles. The zero-order valence-electron chi connectivity index (χ0n) is 24.7. The van der Waals surface area contributed by atoms with E-state index in [1.165, 1.54) is 0 Å². The van der Waals surface area contributed by atoms with Gasteiger partial charge in [-0.3, -0.25) is 14.4 Å². The standard InChI is InChI=1S/C34H37N3O6/c1-22(23-11-6-5-7-12-23)31-30(34(40)37(31)20-24-16-17-26(42-3)19-29(24)43-4)35-32(38)27-14-8-9-15-28(27)33(39)36-18-10-13-25(36)21-41-2/h5-9,11-12,14-17,19,25,30-31H,1,10,13,18,20-21H2,2-4H3,(H,35,38). The topological polar surface area (TPSA) is 97.4 Å². The molecule has 2 fully saturated rings. The predicted molar refractivity (Wildman–Crippen MR) is 163 cm³/mol. The lowest BCUT2D eigenvalue weighted by Gasteiger charge is -2.48. The van der Waals surface area contributed by atoms with Gasteiger partial charge in [-0.25, -0.2) is 0 Å². The molecule has 1 N–H and O–H groups in total. The van der Waals surface area contributed by atoms with Crippen LogP contribution in [0, 0.1) is 0 Å². The van der Waals surface area contributed by atoms with Crippen LogP contribution in [0.3, 0.4) is 0 Å². The fraction of sp³-hybridized carbons (Fsp3) is 0.324. The Bertz CT molecular complexity index is 1510. The number of nitrogens with zero attached hydrogens (tertiary/aromatic N) is 2. The van der Waals surface area contributed by atoms with Gasteiger partial charge in [-0.1, -0.05) is 49.0 Å². The van der Waals surface area contributed by atoms with Gasteiger partial charge in [-0.2, -0.15) is 0 Å². The average molecular weight is 584 g/mol. The molecule has 2 heterocycles. The molecule has 2 aliphatic rings. The summed E-state index contributed by atoms with van der Waals surface area (Å²) in [6.07, 6.45) is 1.73. The van der Waals surface area contributed by atoms with Gasteiger partial charge in [0.2, 0.25) is 5.91 Å². The van der Waals surface area contributed by atoms with E-state index >= 15 is 0 Å². The third kappa shape index (κ3) is 5.99. The number of ether oxygens (including phenoxy) is 3. The Morgan fingerprint density at radius 3 is 2.37 bits per heavy atom. The van der Waals surface area contributed by atoms with E-state index in [0.29, 0.717) is 35.8 Å². The summed E-state index contributed by atoms with van der Waals surface area (Å²) in [7, 11) is 4.76. The Balaban J connectivity index is 1.41. The minimum Gasteiger partial charge on any atom is -0.497 e. The summed E-state index contributed by atoms with van der Waals surface area (Å²) in [6.45, 7) is 5.62. The molecule has 0 radical (unpaired) electrons. The first-order valence-electron chi connectivity index (χ1n) is 14.3. The molecule has 0 spiro atoms. The largest absolute Gasteiger partial charge is 0.497 e. The SMILES string of the molecule is C=C(c1ccccc1)C1C(NC(=O)c2ccccc2C(=O)N2CCCC2COC)C(=O)N1Cc1ccc(OC)cc1OC. The van der Waals surface area contributed by atoms with Gasteiger partial charge in [-0.05, 0) is 48.2 Å². The lowest BCUT2D eigenvalue weighted by atomic mass is 9.84. The fourth-order valence-electron chi connectivity index (χ4n) is 5.95. The molecule has 3 aromatic rings. The summed E-state index contributed by atoms with van der Waals surface area (Å²) in [4.78, 5) is 44.4. The number of carbonyl (C=O) groups is 3. The van der Waals surface area contributed by atoms with Crippen LogP contribution in [-0.2, 0) is 16.1 Å². The third-order valence-corrected chi connectivity index (χ3v) is 8.22. The second kappa shape index (κ2) is 13.1. The second-order valence-corrected chi connectivity index (χ2v) is 10.7. The number of benzene rings is 3. The third-order valence-electron chi connectivity index (χ3n) is 8.22. The number of likely N-dealkylation sites (tertiary alicyclic amines) is 2. The normalized spacial score (nSPS) is 19.5. The molecule has 5 rings (SSSR count). The number of hydrogen-bond donors (Lipinski definition) is 1. The van der Waals surface area contributed by atoms with E-state index in [1.807, 2.05) is 42.5 Å². The quantitative estimate of drug-likeness (QED) is 0.340. The molecular weight excluding hydrogens is 546 g/mol. The van der Waals surface area contributed by atoms with Crippen molar-refractivity contribution in [1.29, 1.82) is 0 Å². The van der Waals surface area contributed by atoms with Crippen LogP contribution in [0.4, 0.5) is 0 Å². The number of β-lactam (4-membered cyclic amide) rings is 1. The zero-order valence-corrected chi connectivity index (χ0v) is 24.7. The molecule has 224 valence electrons. The van der Waals surface area contributed by atoms with Crippen LogP contribution in [0.2, 0.25) is 0 Å². The Labute approximate surface area is 252 Å². The maximum Gasteiger partial charge on any atom is 0.254 e. The molecule has 43 heavy (non-hydrogen) atoms. The van der Waals surface area contributed by atoms with Crippen LogP contribution in [0.25, 0.3) is 5.57 Å². The van der Waals surface area contributed by atoms with Crippen LogP contribution in [0.5, 0.6) is 11.5 Å². The molecule has 3 unspecified atom stereocenters. The van der Waals surface area contributed by atoms with Gasteiger partial charge in [-0.15, -0.1) is 0 Å². The average Bonchev–Trinajstić information content (AvgIpc) is 3.52. The minimum absolute atomic E-state index is 0.0380. The number of hydrogen-bond acceptors (Lipinski definition) is 6. The second-order valence-electron chi connectivity index (χ2n) is 10.7. The summed E-state index contributed by atoms with van der Waals surface area (Å²) in [6, 6.07) is 20.3. The fourth-order valence-corrected chi connectivity index (χ4v) is 5.95. The number of carbonyl (C=O) groups excluding carboxylic acids is 3. The summed E-state index contributed by atoms with van der Waals surface area (Å²) >= 11 is 0. The first-order valence-corrected chi connectivity index (χ1v) is 14.3. The van der Waals surface area contributed by atoms with E-state index in [0.717, 1.165) is 24.0 Å². The molecule has 9 heteroatoms. The van der Waals surface area contributed by atoms with Crippen molar-refractivity contribution in [3.8, 4) is 11.5 Å². The predicted octanol–water partition coefficient (Wildman–Crippen LogP) is 4.18. The van der Waals surface area contributed by atoms with Crippen molar-refractivity contribution in [2.75, 3.05) is 34.5 Å². The van der Waals surface area contributed by atoms with Gasteiger partial charge in [0.15, 0.2) is 0 Å². The highest BCUT2D eigenvalue weighted by Crippen LogP contribution is 2.36. The maximum atomic E-state index is 13.7. The van der Waals surface area contributed by atoms with Crippen LogP contribution in [0.15, 0.2) is 79.4 Å². The summed E-state index contributed by atoms with van der Waals surface area (Å²) in [5.74, 6) is 0.268. The van der Waals surface area contributed by atoms with E-state index in [2.05, 4.69) is 11.9 Å². The number of methoxy groups -OCH3 is 3. The summed E-state index contributed by atoms with van der Waals surface area (Å²) in [5, 5.41) is 2.93. The van der Waals surface area contributed by atoms with Gasteiger partial charge >= 0.3 is 0 Å². The number of rotatable bonds is 11. The molecule has 2 aliphatic heterocycles. The molecule has 3 atom stereocenters. The smallest absolute Gasteiger partial charge is 0.254 e. The van der Waals surface area contributed by atoms with Crippen molar-refractivity contribution in [2.24, 2.45) is 0 Å². The van der Waals surface area contributed by atoms with Gasteiger partial charge in [0.1, 0.15) is 17.5 Å². The van der Waals surface area contributed by atoms with Crippen LogP contribution >= 0.6 is 0 Å². The molecule has 9 nitrogen and oxygen atoms in total. The van der Waals surface area contributed by atoms with Gasteiger partial charge in [0, 0.05) is 25.3 Å².